The third-order valence-corrected chi connectivity index (χ3v) is 3.75. The first-order chi connectivity index (χ1) is 9.81. The first kappa shape index (κ1) is 15.4. The number of methoxy groups -OCH3 is 1. The van der Waals surface area contributed by atoms with Gasteiger partial charge in [0.15, 0.2) is 5.43 Å². The monoisotopic (exact) mass is 309 g/mol. The molecule has 2 rings (SSSR count). The molecule has 0 unspecified atom stereocenters. The van der Waals surface area contributed by atoms with Crippen LogP contribution >= 0.6 is 11.6 Å². The average molecular weight is 310 g/mol. The quantitative estimate of drug-likeness (QED) is 0.945. The zero-order valence-corrected chi connectivity index (χ0v) is 13.0. The van der Waals surface area contributed by atoms with E-state index in [1.807, 2.05) is 13.8 Å². The number of carbonyl (C=O) groups is 1. The number of benzene rings is 1. The van der Waals surface area contributed by atoms with Crippen LogP contribution in [0.4, 0.5) is 0 Å². The van der Waals surface area contributed by atoms with E-state index in [2.05, 4.69) is 0 Å². The molecule has 0 aliphatic carbocycles. The van der Waals surface area contributed by atoms with Gasteiger partial charge < -0.3 is 14.4 Å². The Hall–Kier alpha value is -2.01. The van der Waals surface area contributed by atoms with Gasteiger partial charge in [-0.2, -0.15) is 0 Å². The number of pyridine rings is 1. The summed E-state index contributed by atoms with van der Waals surface area (Å²) in [7, 11) is 1.47. The fourth-order valence-corrected chi connectivity index (χ4v) is 2.77. The molecular formula is C15H16ClNO4. The number of fused-ring (bicyclic) bond motifs is 1. The highest BCUT2D eigenvalue weighted by Gasteiger charge is 2.24. The van der Waals surface area contributed by atoms with Crippen molar-refractivity contribution >= 4 is 28.5 Å². The first-order valence-corrected chi connectivity index (χ1v) is 6.83. The van der Waals surface area contributed by atoms with E-state index in [4.69, 9.17) is 16.3 Å². The summed E-state index contributed by atoms with van der Waals surface area (Å²) < 4.78 is 6.87. The molecule has 0 fully saturated rings. The van der Waals surface area contributed by atoms with Crippen LogP contribution < -0.4 is 10.2 Å². The molecule has 0 spiro atoms. The van der Waals surface area contributed by atoms with Gasteiger partial charge in [-0.25, -0.2) is 4.79 Å². The molecule has 5 nitrogen and oxygen atoms in total. The van der Waals surface area contributed by atoms with Crippen LogP contribution in [-0.4, -0.2) is 22.8 Å². The molecule has 0 atom stereocenters. The lowest BCUT2D eigenvalue weighted by molar-refractivity contribution is 0.0682. The maximum Gasteiger partial charge on any atom is 0.352 e. The van der Waals surface area contributed by atoms with E-state index >= 15 is 0 Å². The van der Waals surface area contributed by atoms with E-state index in [1.165, 1.54) is 14.0 Å². The minimum absolute atomic E-state index is 0.0388. The maximum atomic E-state index is 12.5. The summed E-state index contributed by atoms with van der Waals surface area (Å²) >= 11 is 6.16. The van der Waals surface area contributed by atoms with Crippen molar-refractivity contribution in [1.82, 2.24) is 4.57 Å². The highest BCUT2D eigenvalue weighted by Crippen LogP contribution is 2.33. The molecule has 21 heavy (non-hydrogen) atoms. The maximum absolute atomic E-state index is 12.5. The Kier molecular flexibility index (Phi) is 3.96. The Morgan fingerprint density at radius 2 is 2.00 bits per heavy atom. The van der Waals surface area contributed by atoms with Crippen LogP contribution in [0.1, 0.15) is 35.9 Å². The minimum atomic E-state index is -1.15. The van der Waals surface area contributed by atoms with Crippen LogP contribution in [0.2, 0.25) is 5.02 Å². The minimum Gasteiger partial charge on any atom is -0.495 e. The summed E-state index contributed by atoms with van der Waals surface area (Å²) in [5, 5.41) is 10.0. The predicted octanol–water partition coefficient (Wildman–Crippen LogP) is 3.25. The van der Waals surface area contributed by atoms with Gasteiger partial charge in [-0.05, 0) is 32.9 Å². The molecular weight excluding hydrogens is 294 g/mol. The number of hydrogen-bond donors (Lipinski definition) is 1. The highest BCUT2D eigenvalue weighted by atomic mass is 35.5. The van der Waals surface area contributed by atoms with E-state index in [9.17, 15) is 14.7 Å². The van der Waals surface area contributed by atoms with E-state index < -0.39 is 5.97 Å². The van der Waals surface area contributed by atoms with E-state index in [-0.39, 0.29) is 33.1 Å². The largest absolute Gasteiger partial charge is 0.495 e. The van der Waals surface area contributed by atoms with E-state index in [0.29, 0.717) is 11.3 Å². The van der Waals surface area contributed by atoms with Crippen molar-refractivity contribution in [2.24, 2.45) is 0 Å². The van der Waals surface area contributed by atoms with Gasteiger partial charge in [-0.3, -0.25) is 4.79 Å². The summed E-state index contributed by atoms with van der Waals surface area (Å²) in [6, 6.07) is 3.03. The van der Waals surface area contributed by atoms with Gasteiger partial charge >= 0.3 is 5.97 Å². The van der Waals surface area contributed by atoms with E-state index in [0.717, 1.165) is 0 Å². The number of ether oxygens (including phenoxy) is 1. The molecule has 1 heterocycles. The Bertz CT molecular complexity index is 793. The lowest BCUT2D eigenvalue weighted by Crippen LogP contribution is -2.24. The first-order valence-electron chi connectivity index (χ1n) is 6.45. The van der Waals surface area contributed by atoms with Crippen molar-refractivity contribution in [2.75, 3.05) is 7.11 Å². The number of hydrogen-bond acceptors (Lipinski definition) is 3. The number of carboxylic acids is 1. The Morgan fingerprint density at radius 3 is 2.48 bits per heavy atom. The molecule has 1 N–H and O–H groups in total. The summed E-state index contributed by atoms with van der Waals surface area (Å²) in [5.74, 6) is -0.732. The van der Waals surface area contributed by atoms with Crippen LogP contribution in [-0.2, 0) is 0 Å². The fraction of sp³-hybridized carbons (Fsp3) is 0.333. The highest BCUT2D eigenvalue weighted by molar-refractivity contribution is 6.35. The summed E-state index contributed by atoms with van der Waals surface area (Å²) in [6.45, 7) is 5.19. The van der Waals surface area contributed by atoms with Gasteiger partial charge in [0.2, 0.25) is 0 Å². The van der Waals surface area contributed by atoms with Crippen LogP contribution in [0.25, 0.3) is 10.9 Å². The van der Waals surface area contributed by atoms with Crippen molar-refractivity contribution in [1.29, 1.82) is 0 Å². The van der Waals surface area contributed by atoms with Crippen molar-refractivity contribution in [3.63, 3.8) is 0 Å². The average Bonchev–Trinajstić information content (AvgIpc) is 2.41. The Morgan fingerprint density at radius 1 is 1.38 bits per heavy atom. The Labute approximate surface area is 126 Å². The van der Waals surface area contributed by atoms with Crippen molar-refractivity contribution in [3.05, 3.63) is 38.6 Å². The van der Waals surface area contributed by atoms with Gasteiger partial charge in [-0.15, -0.1) is 0 Å². The summed E-state index contributed by atoms with van der Waals surface area (Å²) in [4.78, 5) is 24.1. The van der Waals surface area contributed by atoms with E-state index in [1.54, 1.807) is 16.7 Å². The second kappa shape index (κ2) is 5.41. The van der Waals surface area contributed by atoms with Gasteiger partial charge in [0.25, 0.3) is 0 Å². The molecule has 1 aromatic heterocycles. The standard InChI is InChI=1S/C15H16ClNO4/c1-7(2)17-12(15(19)20)8(3)14(18)11-9(16)5-6-10(21-4)13(11)17/h5-7H,1-4H3,(H,19,20). The van der Waals surface area contributed by atoms with Gasteiger partial charge in [0.05, 0.1) is 23.0 Å². The van der Waals surface area contributed by atoms with Gasteiger partial charge in [-0.1, -0.05) is 11.6 Å². The molecule has 0 aliphatic rings. The molecule has 112 valence electrons. The van der Waals surface area contributed by atoms with Gasteiger partial charge in [0, 0.05) is 11.6 Å². The van der Waals surface area contributed by atoms with Crippen LogP contribution in [0.15, 0.2) is 16.9 Å². The predicted molar refractivity (Wildman–Crippen MR) is 81.9 cm³/mol. The number of aromatic carboxylic acids is 1. The molecule has 2 aromatic rings. The lowest BCUT2D eigenvalue weighted by Gasteiger charge is -2.22. The molecule has 1 aromatic carbocycles. The molecule has 0 bridgehead atoms. The van der Waals surface area contributed by atoms with Crippen molar-refractivity contribution in [2.45, 2.75) is 26.8 Å². The molecule has 0 saturated heterocycles. The summed E-state index contributed by atoms with van der Waals surface area (Å²) in [6.07, 6.45) is 0. The number of halogens is 1. The SMILES string of the molecule is COc1ccc(Cl)c2c(=O)c(C)c(C(=O)O)n(C(C)C)c12. The molecule has 0 aliphatic heterocycles. The molecule has 0 amide bonds. The normalized spacial score (nSPS) is 11.1. The molecule has 6 heteroatoms. The molecule has 0 saturated carbocycles. The number of rotatable bonds is 3. The Balaban J connectivity index is 3.22. The van der Waals surface area contributed by atoms with Crippen LogP contribution in [0.3, 0.4) is 0 Å². The summed E-state index contributed by atoms with van der Waals surface area (Å²) in [5.41, 5.74) is 0.151. The number of carboxylic acid groups (broad SMARTS) is 1. The van der Waals surface area contributed by atoms with Crippen molar-refractivity contribution < 1.29 is 14.6 Å². The topological polar surface area (TPSA) is 68.5 Å². The molecule has 0 radical (unpaired) electrons. The number of nitrogens with zero attached hydrogens (tertiary/aromatic N) is 1. The third kappa shape index (κ3) is 2.27. The second-order valence-corrected chi connectivity index (χ2v) is 5.45. The third-order valence-electron chi connectivity index (χ3n) is 3.43. The van der Waals surface area contributed by atoms with Crippen molar-refractivity contribution in [3.8, 4) is 5.75 Å². The lowest BCUT2D eigenvalue weighted by atomic mass is 10.1. The van der Waals surface area contributed by atoms with Crippen LogP contribution in [0, 0.1) is 6.92 Å². The van der Waals surface area contributed by atoms with Crippen LogP contribution in [0.5, 0.6) is 5.75 Å². The smallest absolute Gasteiger partial charge is 0.352 e. The fourth-order valence-electron chi connectivity index (χ4n) is 2.53. The zero-order chi connectivity index (χ0) is 15.9. The second-order valence-electron chi connectivity index (χ2n) is 5.04. The number of aromatic nitrogens is 1. The van der Waals surface area contributed by atoms with Gasteiger partial charge in [0.1, 0.15) is 11.4 Å². The zero-order valence-electron chi connectivity index (χ0n) is 12.2.